The Morgan fingerprint density at radius 2 is 0.964 bits per heavy atom. The van der Waals surface area contributed by atoms with Crippen LogP contribution in [0.25, 0.3) is 0 Å². The van der Waals surface area contributed by atoms with Crippen molar-refractivity contribution in [3.8, 4) is 0 Å². The van der Waals surface area contributed by atoms with Crippen LogP contribution in [0.1, 0.15) is 91.9 Å². The van der Waals surface area contributed by atoms with Crippen LogP contribution in [0.2, 0.25) is 0 Å². The Labute approximate surface area is 170 Å². The van der Waals surface area contributed by atoms with Crippen molar-refractivity contribution in [3.63, 3.8) is 0 Å². The molecule has 0 fully saturated rings. The molecule has 0 unspecified atom stereocenters. The van der Waals surface area contributed by atoms with Gasteiger partial charge in [-0.2, -0.15) is 0 Å². The maximum Gasteiger partial charge on any atom is 0.233 e. The van der Waals surface area contributed by atoms with E-state index in [2.05, 4.69) is 10.9 Å². The second kappa shape index (κ2) is 25.2. The van der Waals surface area contributed by atoms with Crippen molar-refractivity contribution in [2.24, 2.45) is 23.5 Å². The molecular formula is C20H42N4O4. The Hall–Kier alpha value is -1.80. The van der Waals surface area contributed by atoms with Gasteiger partial charge in [0.1, 0.15) is 12.6 Å². The normalized spacial score (nSPS) is 9.57. The largest absolute Gasteiger partial charge is 0.303 e. The molecular weight excluding hydrogens is 360 g/mol. The number of nitrogens with two attached hydrogens (primary N) is 2. The van der Waals surface area contributed by atoms with Crippen LogP contribution in [0, 0.1) is 11.8 Å². The molecule has 0 aromatic rings. The summed E-state index contributed by atoms with van der Waals surface area (Å²) in [6.07, 6.45) is 10.2. The number of aldehydes is 2. The number of carbonyl (C=O) groups is 4. The van der Waals surface area contributed by atoms with Crippen LogP contribution >= 0.6 is 0 Å². The minimum Gasteiger partial charge on any atom is -0.303 e. The number of nitrogens with one attached hydrogen (secondary N) is 2. The molecule has 0 saturated heterocycles. The summed E-state index contributed by atoms with van der Waals surface area (Å²) in [7, 11) is 0. The Kier molecular flexibility index (Phi) is 27.8. The molecule has 0 aromatic heterocycles. The SMILES string of the molecule is CC(C)CC=O.CC(C)CC=O.NNC(=O)CCCCCCCCC(=O)NN. The Balaban J connectivity index is -0.000000426. The van der Waals surface area contributed by atoms with Gasteiger partial charge in [0.25, 0.3) is 0 Å². The molecule has 8 heteroatoms. The van der Waals surface area contributed by atoms with Gasteiger partial charge in [0.05, 0.1) is 0 Å². The summed E-state index contributed by atoms with van der Waals surface area (Å²) in [5.74, 6) is 10.7. The highest BCUT2D eigenvalue weighted by molar-refractivity contribution is 5.75. The Morgan fingerprint density at radius 1 is 0.679 bits per heavy atom. The van der Waals surface area contributed by atoms with E-state index >= 15 is 0 Å². The van der Waals surface area contributed by atoms with Crippen LogP contribution in [0.3, 0.4) is 0 Å². The van der Waals surface area contributed by atoms with Gasteiger partial charge in [-0.3, -0.25) is 20.4 Å². The lowest BCUT2D eigenvalue weighted by Gasteiger charge is -2.01. The molecule has 8 nitrogen and oxygen atoms in total. The summed E-state index contributed by atoms with van der Waals surface area (Å²) < 4.78 is 0. The smallest absolute Gasteiger partial charge is 0.233 e. The van der Waals surface area contributed by atoms with E-state index in [0.29, 0.717) is 37.5 Å². The monoisotopic (exact) mass is 402 g/mol. The highest BCUT2D eigenvalue weighted by Crippen LogP contribution is 2.08. The van der Waals surface area contributed by atoms with E-state index in [1.165, 1.54) is 0 Å². The third-order valence-corrected chi connectivity index (χ3v) is 3.51. The number of hydrogen-bond donors (Lipinski definition) is 4. The third kappa shape index (κ3) is 35.3. The second-order valence-electron chi connectivity index (χ2n) is 7.35. The summed E-state index contributed by atoms with van der Waals surface area (Å²) in [6.45, 7) is 8.09. The van der Waals surface area contributed by atoms with Gasteiger partial charge in [0, 0.05) is 25.7 Å². The number of amides is 2. The highest BCUT2D eigenvalue weighted by atomic mass is 16.2. The lowest BCUT2D eigenvalue weighted by molar-refractivity contribution is -0.122. The molecule has 0 spiro atoms. The molecule has 0 aliphatic rings. The van der Waals surface area contributed by atoms with Gasteiger partial charge >= 0.3 is 0 Å². The molecule has 0 aliphatic carbocycles. The summed E-state index contributed by atoms with van der Waals surface area (Å²) in [5.41, 5.74) is 4.20. The van der Waals surface area contributed by atoms with Crippen LogP contribution in [0.5, 0.6) is 0 Å². The third-order valence-electron chi connectivity index (χ3n) is 3.51. The summed E-state index contributed by atoms with van der Waals surface area (Å²) >= 11 is 0. The van der Waals surface area contributed by atoms with E-state index in [1.54, 1.807) is 0 Å². The van der Waals surface area contributed by atoms with E-state index in [4.69, 9.17) is 11.7 Å². The fraction of sp³-hybridized carbons (Fsp3) is 0.800. The maximum atomic E-state index is 10.8. The molecule has 0 radical (unpaired) electrons. The molecule has 0 atom stereocenters. The average Bonchev–Trinajstić information content (AvgIpc) is 2.64. The molecule has 0 heterocycles. The molecule has 0 rings (SSSR count). The summed E-state index contributed by atoms with van der Waals surface area (Å²) in [5, 5.41) is 0. The molecule has 6 N–H and O–H groups in total. The number of unbranched alkanes of at least 4 members (excludes halogenated alkanes) is 5. The fourth-order valence-electron chi connectivity index (χ4n) is 1.81. The van der Waals surface area contributed by atoms with E-state index in [9.17, 15) is 19.2 Å². The molecule has 28 heavy (non-hydrogen) atoms. The maximum absolute atomic E-state index is 10.8. The van der Waals surface area contributed by atoms with Crippen molar-refractivity contribution in [2.45, 2.75) is 91.9 Å². The van der Waals surface area contributed by atoms with Crippen molar-refractivity contribution in [1.29, 1.82) is 0 Å². The van der Waals surface area contributed by atoms with E-state index < -0.39 is 0 Å². The van der Waals surface area contributed by atoms with Gasteiger partial charge in [0.2, 0.25) is 11.8 Å². The molecule has 0 aliphatic heterocycles. The summed E-state index contributed by atoms with van der Waals surface area (Å²) in [6, 6.07) is 0. The summed E-state index contributed by atoms with van der Waals surface area (Å²) in [4.78, 5) is 40.8. The number of rotatable bonds is 13. The number of hydrazine groups is 2. The first-order chi connectivity index (χ1) is 13.2. The topological polar surface area (TPSA) is 144 Å². The number of hydrogen-bond acceptors (Lipinski definition) is 6. The van der Waals surface area contributed by atoms with Crippen molar-refractivity contribution in [2.75, 3.05) is 0 Å². The van der Waals surface area contributed by atoms with Crippen molar-refractivity contribution < 1.29 is 19.2 Å². The van der Waals surface area contributed by atoms with Crippen LogP contribution in [0.4, 0.5) is 0 Å². The zero-order chi connectivity index (χ0) is 22.2. The van der Waals surface area contributed by atoms with Gasteiger partial charge in [-0.1, -0.05) is 53.4 Å². The zero-order valence-corrected chi connectivity index (χ0v) is 18.2. The first-order valence-electron chi connectivity index (χ1n) is 10.1. The highest BCUT2D eigenvalue weighted by Gasteiger charge is 1.99. The standard InChI is InChI=1S/C10H22N4O2.2C5H10O/c11-13-9(15)7-5-3-1-2-4-6-8-10(16)14-12;2*1-5(2)3-4-6/h1-8,11-12H2,(H,13,15)(H,14,16);2*4-5H,3H2,1-2H3. The molecule has 0 saturated carbocycles. The Morgan fingerprint density at radius 3 is 1.14 bits per heavy atom. The average molecular weight is 403 g/mol. The van der Waals surface area contributed by atoms with Gasteiger partial charge in [-0.15, -0.1) is 0 Å². The van der Waals surface area contributed by atoms with Gasteiger partial charge in [-0.05, 0) is 24.7 Å². The van der Waals surface area contributed by atoms with Crippen LogP contribution < -0.4 is 22.5 Å². The number of carbonyl (C=O) groups excluding carboxylic acids is 4. The predicted octanol–water partition coefficient (Wildman–Crippen LogP) is 2.55. The molecule has 2 amide bonds. The van der Waals surface area contributed by atoms with Crippen molar-refractivity contribution in [1.82, 2.24) is 10.9 Å². The first-order valence-corrected chi connectivity index (χ1v) is 10.1. The minimum atomic E-state index is -0.111. The second-order valence-corrected chi connectivity index (χ2v) is 7.35. The van der Waals surface area contributed by atoms with Crippen LogP contribution in [-0.2, 0) is 19.2 Å². The Bertz CT molecular complexity index is 352. The van der Waals surface area contributed by atoms with Crippen LogP contribution in [0.15, 0.2) is 0 Å². The van der Waals surface area contributed by atoms with E-state index in [-0.39, 0.29) is 11.8 Å². The fourth-order valence-corrected chi connectivity index (χ4v) is 1.81. The molecule has 0 bridgehead atoms. The molecule has 166 valence electrons. The lowest BCUT2D eigenvalue weighted by atomic mass is 10.1. The van der Waals surface area contributed by atoms with Gasteiger partial charge in [0.15, 0.2) is 0 Å². The van der Waals surface area contributed by atoms with Crippen molar-refractivity contribution in [3.05, 3.63) is 0 Å². The quantitative estimate of drug-likeness (QED) is 0.122. The van der Waals surface area contributed by atoms with Crippen molar-refractivity contribution >= 4 is 24.4 Å². The zero-order valence-electron chi connectivity index (χ0n) is 18.2. The minimum absolute atomic E-state index is 0.111. The van der Waals surface area contributed by atoms with E-state index in [1.807, 2.05) is 27.7 Å². The lowest BCUT2D eigenvalue weighted by Crippen LogP contribution is -2.29. The van der Waals surface area contributed by atoms with Crippen LogP contribution in [-0.4, -0.2) is 24.4 Å². The van der Waals surface area contributed by atoms with Gasteiger partial charge < -0.3 is 9.59 Å². The predicted molar refractivity (Wildman–Crippen MR) is 113 cm³/mol. The van der Waals surface area contributed by atoms with E-state index in [0.717, 1.165) is 51.1 Å². The van der Waals surface area contributed by atoms with Gasteiger partial charge in [-0.25, -0.2) is 11.7 Å². The molecule has 0 aromatic carbocycles. The first kappa shape index (κ1) is 30.9.